The summed E-state index contributed by atoms with van der Waals surface area (Å²) in [6.07, 6.45) is 0.248. The van der Waals surface area contributed by atoms with Crippen molar-refractivity contribution in [3.63, 3.8) is 0 Å². The fourth-order valence-electron chi connectivity index (χ4n) is 5.09. The highest BCUT2D eigenvalue weighted by atomic mass is 19.4. The average Bonchev–Trinajstić information content (AvgIpc) is 3.23. The molecular weight excluding hydrogens is 481 g/mol. The first-order valence-electron chi connectivity index (χ1n) is 11.3. The van der Waals surface area contributed by atoms with E-state index >= 15 is 0 Å². The number of nitrogens with zero attached hydrogens (tertiary/aromatic N) is 4. The number of benzene rings is 1. The number of H-pyrrole nitrogens is 1. The van der Waals surface area contributed by atoms with Crippen LogP contribution < -0.4 is 19.7 Å². The van der Waals surface area contributed by atoms with Crippen LogP contribution in [0.25, 0.3) is 11.0 Å². The summed E-state index contributed by atoms with van der Waals surface area (Å²) in [5, 5.41) is 19.9. The Hall–Kier alpha value is -3.74. The van der Waals surface area contributed by atoms with E-state index in [4.69, 9.17) is 4.74 Å². The van der Waals surface area contributed by atoms with E-state index in [1.165, 1.54) is 7.11 Å². The number of carbonyl (C=O) groups excluding carboxylic acids is 1. The minimum atomic E-state index is -4.92. The van der Waals surface area contributed by atoms with Crippen LogP contribution in [0.1, 0.15) is 18.4 Å². The topological polar surface area (TPSA) is 116 Å². The molecule has 2 amide bonds. The van der Waals surface area contributed by atoms with Crippen molar-refractivity contribution < 1.29 is 32.5 Å². The summed E-state index contributed by atoms with van der Waals surface area (Å²) in [6.45, 7) is 1.12. The molecular formula is C23H25F3N6O4. The van der Waals surface area contributed by atoms with Crippen LogP contribution in [0.15, 0.2) is 30.6 Å². The molecule has 2 aliphatic rings. The van der Waals surface area contributed by atoms with Crippen molar-refractivity contribution in [2.75, 3.05) is 37.5 Å². The number of hydrogen-bond acceptors (Lipinski definition) is 7. The number of nitrogens with one attached hydrogen (secondary N) is 2. The van der Waals surface area contributed by atoms with E-state index < -0.39 is 24.7 Å². The van der Waals surface area contributed by atoms with Crippen LogP contribution in [0.2, 0.25) is 0 Å². The van der Waals surface area contributed by atoms with Gasteiger partial charge in [0.1, 0.15) is 11.5 Å². The van der Waals surface area contributed by atoms with Gasteiger partial charge >= 0.3 is 12.4 Å². The predicted molar refractivity (Wildman–Crippen MR) is 124 cm³/mol. The number of aromatic nitrogens is 3. The second-order valence-electron chi connectivity index (χ2n) is 9.33. The van der Waals surface area contributed by atoms with Crippen molar-refractivity contribution >= 4 is 28.4 Å². The molecule has 2 aromatic heterocycles. The third-order valence-electron chi connectivity index (χ3n) is 6.89. The van der Waals surface area contributed by atoms with Crippen molar-refractivity contribution in [1.29, 1.82) is 0 Å². The third-order valence-corrected chi connectivity index (χ3v) is 6.89. The van der Waals surface area contributed by atoms with E-state index in [2.05, 4.69) is 30.1 Å². The molecule has 1 spiro atoms. The van der Waals surface area contributed by atoms with E-state index in [0.717, 1.165) is 54.8 Å². The van der Waals surface area contributed by atoms with Crippen LogP contribution in [0, 0.1) is 5.41 Å². The van der Waals surface area contributed by atoms with Gasteiger partial charge in [0.05, 0.1) is 37.5 Å². The van der Waals surface area contributed by atoms with E-state index in [1.807, 2.05) is 12.3 Å². The van der Waals surface area contributed by atoms with Gasteiger partial charge in [-0.1, -0.05) is 0 Å². The minimum absolute atomic E-state index is 0.0143. The smallest absolute Gasteiger partial charge is 0.494 e. The predicted octanol–water partition coefficient (Wildman–Crippen LogP) is 3.49. The van der Waals surface area contributed by atoms with Gasteiger partial charge in [-0.05, 0) is 25.0 Å². The molecule has 3 heterocycles. The number of ether oxygens (including phenoxy) is 2. The lowest BCUT2D eigenvalue weighted by Crippen LogP contribution is -2.67. The number of aromatic amines is 1. The van der Waals surface area contributed by atoms with Crippen molar-refractivity contribution in [2.24, 2.45) is 5.41 Å². The van der Waals surface area contributed by atoms with Crippen LogP contribution in [-0.2, 0) is 6.61 Å². The molecule has 10 nitrogen and oxygen atoms in total. The zero-order chi connectivity index (χ0) is 25.7. The van der Waals surface area contributed by atoms with Crippen molar-refractivity contribution in [2.45, 2.75) is 31.9 Å². The number of anilines is 2. The summed E-state index contributed by atoms with van der Waals surface area (Å²) in [5.41, 5.74) is 1.91. The highest BCUT2D eigenvalue weighted by molar-refractivity contribution is 5.92. The SMILES string of the molecule is COc1c(CO)cc(OC(F)(F)F)cc1NC(=O)N(C)C1CC2(C1)CN(c1cnc3[nH]ncc3c1)C2. The molecule has 1 saturated heterocycles. The molecule has 0 unspecified atom stereocenters. The summed E-state index contributed by atoms with van der Waals surface area (Å²) in [4.78, 5) is 21.1. The number of alkyl halides is 3. The van der Waals surface area contributed by atoms with Gasteiger partial charge in [-0.15, -0.1) is 13.2 Å². The summed E-state index contributed by atoms with van der Waals surface area (Å²) in [5.74, 6) is -0.498. The summed E-state index contributed by atoms with van der Waals surface area (Å²) >= 11 is 0. The zero-order valence-corrected chi connectivity index (χ0v) is 19.6. The maximum absolute atomic E-state index is 12.9. The standard InChI is InChI=1S/C23H25F3N6O4/c1-31(21(34)29-18-5-17(36-23(24,25)26)4-14(10-33)19(18)35-2)16-6-22(7-16)11-32(12-22)15-3-13-8-28-30-20(13)27-9-15/h3-5,8-9,16,33H,6-7,10-12H2,1-2H3,(H,29,34)(H,27,28,30). The van der Waals surface area contributed by atoms with Gasteiger partial charge in [-0.3, -0.25) is 5.10 Å². The fraction of sp³-hybridized carbons (Fsp3) is 0.435. The number of hydrogen-bond donors (Lipinski definition) is 3. The van der Waals surface area contributed by atoms with Crippen LogP contribution >= 0.6 is 0 Å². The highest BCUT2D eigenvalue weighted by Gasteiger charge is 2.54. The molecule has 2 fully saturated rings. The van der Waals surface area contributed by atoms with Crippen molar-refractivity contribution in [3.8, 4) is 11.5 Å². The monoisotopic (exact) mass is 506 g/mol. The summed E-state index contributed by atoms with van der Waals surface area (Å²) < 4.78 is 47.4. The first kappa shape index (κ1) is 24.0. The van der Waals surface area contributed by atoms with Gasteiger partial charge < -0.3 is 29.7 Å². The summed E-state index contributed by atoms with van der Waals surface area (Å²) in [6, 6.07) is 3.57. The molecule has 1 aromatic carbocycles. The maximum atomic E-state index is 12.9. The van der Waals surface area contributed by atoms with Crippen LogP contribution in [0.3, 0.4) is 0 Å². The first-order valence-corrected chi connectivity index (χ1v) is 11.3. The highest BCUT2D eigenvalue weighted by Crippen LogP contribution is 2.51. The number of aliphatic hydroxyl groups excluding tert-OH is 1. The Morgan fingerprint density at radius 3 is 2.72 bits per heavy atom. The molecule has 5 rings (SSSR count). The van der Waals surface area contributed by atoms with E-state index in [9.17, 15) is 23.1 Å². The molecule has 0 atom stereocenters. The largest absolute Gasteiger partial charge is 0.573 e. The van der Waals surface area contributed by atoms with Crippen LogP contribution in [0.5, 0.6) is 11.5 Å². The molecule has 3 aromatic rings. The molecule has 192 valence electrons. The Bertz CT molecular complexity index is 1280. The number of amides is 2. The van der Waals surface area contributed by atoms with Gasteiger partial charge in [-0.25, -0.2) is 9.78 Å². The first-order chi connectivity index (χ1) is 17.1. The maximum Gasteiger partial charge on any atom is 0.573 e. The molecule has 3 N–H and O–H groups in total. The van der Waals surface area contributed by atoms with Gasteiger partial charge in [0.25, 0.3) is 0 Å². The molecule has 0 bridgehead atoms. The molecule has 13 heteroatoms. The summed E-state index contributed by atoms with van der Waals surface area (Å²) in [7, 11) is 2.95. The Morgan fingerprint density at radius 2 is 2.06 bits per heavy atom. The van der Waals surface area contributed by atoms with Gasteiger partial charge in [0, 0.05) is 48.6 Å². The average molecular weight is 506 g/mol. The van der Waals surface area contributed by atoms with Gasteiger partial charge in [-0.2, -0.15) is 5.10 Å². The molecule has 36 heavy (non-hydrogen) atoms. The third kappa shape index (κ3) is 4.45. The molecule has 1 aliphatic carbocycles. The molecule has 0 radical (unpaired) electrons. The van der Waals surface area contributed by atoms with Crippen LogP contribution in [-0.4, -0.2) is 70.9 Å². The molecule has 1 saturated carbocycles. The Morgan fingerprint density at radius 1 is 1.31 bits per heavy atom. The Balaban J connectivity index is 1.21. The van der Waals surface area contributed by atoms with Gasteiger partial charge in [0.2, 0.25) is 0 Å². The van der Waals surface area contributed by atoms with E-state index in [-0.39, 0.29) is 28.5 Å². The Labute approximate surface area is 204 Å². The number of aliphatic hydroxyl groups is 1. The normalized spacial score (nSPS) is 17.0. The fourth-order valence-corrected chi connectivity index (χ4v) is 5.09. The van der Waals surface area contributed by atoms with E-state index in [1.54, 1.807) is 18.1 Å². The lowest BCUT2D eigenvalue weighted by molar-refractivity contribution is -0.274. The van der Waals surface area contributed by atoms with Crippen molar-refractivity contribution in [3.05, 3.63) is 36.2 Å². The molecule has 1 aliphatic heterocycles. The quantitative estimate of drug-likeness (QED) is 0.469. The lowest BCUT2D eigenvalue weighted by Gasteiger charge is -2.61. The minimum Gasteiger partial charge on any atom is -0.494 e. The number of urea groups is 1. The lowest BCUT2D eigenvalue weighted by atomic mass is 9.60. The number of fused-ring (bicyclic) bond motifs is 1. The number of pyridine rings is 1. The van der Waals surface area contributed by atoms with E-state index in [0.29, 0.717) is 0 Å². The van der Waals surface area contributed by atoms with Gasteiger partial charge in [0.15, 0.2) is 5.65 Å². The second kappa shape index (κ2) is 8.73. The number of carbonyl (C=O) groups is 1. The Kier molecular flexibility index (Phi) is 5.81. The second-order valence-corrected chi connectivity index (χ2v) is 9.33. The number of halogens is 3. The number of rotatable bonds is 6. The van der Waals surface area contributed by atoms with Crippen molar-refractivity contribution in [1.82, 2.24) is 20.1 Å². The zero-order valence-electron chi connectivity index (χ0n) is 19.6. The van der Waals surface area contributed by atoms with Crippen LogP contribution in [0.4, 0.5) is 29.3 Å². The number of methoxy groups -OCH3 is 1.